The van der Waals surface area contributed by atoms with E-state index in [1.165, 1.54) is 11.1 Å². The first-order chi connectivity index (χ1) is 22.1. The van der Waals surface area contributed by atoms with Crippen molar-refractivity contribution in [3.05, 3.63) is 29.3 Å². The fourth-order valence-corrected chi connectivity index (χ4v) is 10.7. The van der Waals surface area contributed by atoms with Crippen molar-refractivity contribution in [1.82, 2.24) is 0 Å². The first kappa shape index (κ1) is 39.9. The third-order valence-electron chi connectivity index (χ3n) is 13.3. The van der Waals surface area contributed by atoms with Gasteiger partial charge in [-0.3, -0.25) is 0 Å². The van der Waals surface area contributed by atoms with Gasteiger partial charge in [-0.1, -0.05) is 72.3 Å². The molecule has 0 unspecified atom stereocenters. The van der Waals surface area contributed by atoms with E-state index in [2.05, 4.69) is 137 Å². The number of hydrogen-bond donors (Lipinski definition) is 1. The van der Waals surface area contributed by atoms with E-state index in [4.69, 9.17) is 18.3 Å². The standard InChI is InChI=1S/C40H63IO5Si2/c1-37(2,3)47(10,11)45-30(15-14-24-41)20-23-40(42)29(27-36(43-8)44-9)26-35-34-18-16-28-25-31(46-48(12,13)38(4,5)6)17-19-32(28)33(34)21-22-39(35,40)7/h17,19,25,29-30,33-36,42H,15-16,18,21-22,26-27H2,1-13H3/t29-,30-,33+,34+,35-,39-,40-/m0/s1. The number of halogens is 1. The summed E-state index contributed by atoms with van der Waals surface area (Å²) in [6.45, 7) is 25.1. The Balaban J connectivity index is 1.69. The van der Waals surface area contributed by atoms with Crippen LogP contribution in [0.15, 0.2) is 18.2 Å². The lowest BCUT2D eigenvalue weighted by molar-refractivity contribution is -0.135. The van der Waals surface area contributed by atoms with Gasteiger partial charge >= 0.3 is 0 Å². The molecule has 268 valence electrons. The van der Waals surface area contributed by atoms with Gasteiger partial charge in [-0.05, 0) is 113 Å². The highest BCUT2D eigenvalue weighted by molar-refractivity contribution is 14.1. The molecule has 2 saturated carbocycles. The molecule has 1 aromatic rings. The molecular weight excluding hydrogens is 744 g/mol. The number of ether oxygens (including phenoxy) is 2. The lowest BCUT2D eigenvalue weighted by Gasteiger charge is -2.52. The zero-order valence-corrected chi connectivity index (χ0v) is 36.3. The quantitative estimate of drug-likeness (QED) is 0.117. The predicted octanol–water partition coefficient (Wildman–Crippen LogP) is 10.1. The average Bonchev–Trinajstić information content (AvgIpc) is 3.21. The second-order valence-electron chi connectivity index (χ2n) is 18.0. The van der Waals surface area contributed by atoms with Gasteiger partial charge in [-0.15, -0.1) is 0 Å². The Kier molecular flexibility index (Phi) is 12.2. The maximum absolute atomic E-state index is 13.0. The Hall–Kier alpha value is -0.856. The van der Waals surface area contributed by atoms with Crippen molar-refractivity contribution in [1.29, 1.82) is 0 Å². The summed E-state index contributed by atoms with van der Waals surface area (Å²) in [6.07, 6.45) is 5.45. The predicted molar refractivity (Wildman–Crippen MR) is 211 cm³/mol. The van der Waals surface area contributed by atoms with Crippen LogP contribution in [0.4, 0.5) is 0 Å². The van der Waals surface area contributed by atoms with E-state index in [0.717, 1.165) is 37.9 Å². The van der Waals surface area contributed by atoms with E-state index in [1.807, 2.05) is 0 Å². The third kappa shape index (κ3) is 7.81. The fourth-order valence-electron chi connectivity index (χ4n) is 8.25. The van der Waals surface area contributed by atoms with Crippen LogP contribution in [0.3, 0.4) is 0 Å². The molecule has 0 spiro atoms. The summed E-state index contributed by atoms with van der Waals surface area (Å²) in [4.78, 5) is 0. The number of fused-ring (bicyclic) bond motifs is 5. The molecule has 5 nitrogen and oxygen atoms in total. The highest BCUT2D eigenvalue weighted by atomic mass is 127. The van der Waals surface area contributed by atoms with Gasteiger partial charge in [0.25, 0.3) is 0 Å². The van der Waals surface area contributed by atoms with Crippen LogP contribution in [0, 0.1) is 44.9 Å². The van der Waals surface area contributed by atoms with E-state index in [-0.39, 0.29) is 27.5 Å². The van der Waals surface area contributed by atoms with E-state index in [0.29, 0.717) is 30.6 Å². The molecule has 8 heteroatoms. The van der Waals surface area contributed by atoms with Gasteiger partial charge in [0, 0.05) is 61.0 Å². The molecule has 3 aliphatic rings. The first-order valence-corrected chi connectivity index (χ1v) is 24.9. The monoisotopic (exact) mass is 806 g/mol. The molecule has 1 aromatic carbocycles. The molecule has 1 N–H and O–H groups in total. The number of hydrogen-bond acceptors (Lipinski definition) is 5. The molecule has 0 saturated heterocycles. The summed E-state index contributed by atoms with van der Waals surface area (Å²) in [5.74, 6) is 12.5. The second kappa shape index (κ2) is 14.6. The Labute approximate surface area is 308 Å². The molecule has 48 heavy (non-hydrogen) atoms. The smallest absolute Gasteiger partial charge is 0.250 e. The minimum absolute atomic E-state index is 0.0476. The second-order valence-corrected chi connectivity index (χ2v) is 28.1. The Morgan fingerprint density at radius 1 is 1.00 bits per heavy atom. The van der Waals surface area contributed by atoms with Crippen LogP contribution in [0.2, 0.25) is 36.3 Å². The summed E-state index contributed by atoms with van der Waals surface area (Å²) in [6, 6.07) is 6.92. The van der Waals surface area contributed by atoms with Crippen molar-refractivity contribution < 1.29 is 23.4 Å². The SMILES string of the molecule is COC(C[C@@H]1C[C@H]2[C@@H]3CCc4cc(O[Si](C)(C)C(C)(C)C)ccc4[C@H]3CC[C@]2(C)[C@]1(O)C#C[C@H](CC#CI)O[Si](C)(C)C(C)(C)C)OC. The zero-order chi connectivity index (χ0) is 35.9. The van der Waals surface area contributed by atoms with Crippen molar-refractivity contribution in [3.8, 4) is 27.4 Å². The molecule has 0 radical (unpaired) electrons. The van der Waals surface area contributed by atoms with Crippen molar-refractivity contribution >= 4 is 39.2 Å². The minimum Gasteiger partial charge on any atom is -0.543 e. The molecule has 4 rings (SSSR count). The lowest BCUT2D eigenvalue weighted by atomic mass is 9.53. The number of methoxy groups -OCH3 is 2. The van der Waals surface area contributed by atoms with Crippen molar-refractivity contribution in [2.45, 2.75) is 154 Å². The maximum atomic E-state index is 13.0. The summed E-state index contributed by atoms with van der Waals surface area (Å²) in [5, 5.41) is 13.2. The summed E-state index contributed by atoms with van der Waals surface area (Å²) in [5.41, 5.74) is 1.39. The van der Waals surface area contributed by atoms with Crippen molar-refractivity contribution in [2.75, 3.05) is 14.2 Å². The van der Waals surface area contributed by atoms with Gasteiger partial charge in [0.2, 0.25) is 8.32 Å². The van der Waals surface area contributed by atoms with E-state index in [9.17, 15) is 5.11 Å². The van der Waals surface area contributed by atoms with Crippen LogP contribution in [0.1, 0.15) is 104 Å². The summed E-state index contributed by atoms with van der Waals surface area (Å²) >= 11 is 2.09. The fraction of sp³-hybridized carbons (Fsp3) is 0.750. The highest BCUT2D eigenvalue weighted by Crippen LogP contribution is 2.66. The average molecular weight is 807 g/mol. The topological polar surface area (TPSA) is 57.2 Å². The van der Waals surface area contributed by atoms with Crippen LogP contribution in [-0.2, 0) is 20.3 Å². The Morgan fingerprint density at radius 2 is 1.65 bits per heavy atom. The molecule has 0 aliphatic heterocycles. The Bertz CT molecular complexity index is 1420. The van der Waals surface area contributed by atoms with Gasteiger partial charge in [-0.25, -0.2) is 0 Å². The minimum atomic E-state index is -2.11. The normalized spacial score (nSPS) is 29.5. The number of rotatable bonds is 9. The molecule has 2 fully saturated rings. The molecule has 3 aliphatic carbocycles. The number of aliphatic hydroxyl groups is 1. The van der Waals surface area contributed by atoms with Crippen LogP contribution >= 0.6 is 22.6 Å². The van der Waals surface area contributed by atoms with E-state index >= 15 is 0 Å². The van der Waals surface area contributed by atoms with Crippen LogP contribution in [0.5, 0.6) is 5.75 Å². The molecule has 0 aromatic heterocycles. The van der Waals surface area contributed by atoms with Gasteiger partial charge < -0.3 is 23.4 Å². The number of aryl methyl sites for hydroxylation is 1. The van der Waals surface area contributed by atoms with Crippen molar-refractivity contribution in [3.63, 3.8) is 0 Å². The molecule has 0 amide bonds. The number of benzene rings is 1. The molecular formula is C40H63IO5Si2. The zero-order valence-electron chi connectivity index (χ0n) is 32.1. The lowest BCUT2D eigenvalue weighted by Crippen LogP contribution is -2.52. The Morgan fingerprint density at radius 3 is 2.23 bits per heavy atom. The van der Waals surface area contributed by atoms with E-state index in [1.54, 1.807) is 14.2 Å². The maximum Gasteiger partial charge on any atom is 0.250 e. The van der Waals surface area contributed by atoms with Crippen LogP contribution in [-0.4, -0.2) is 54.0 Å². The van der Waals surface area contributed by atoms with Crippen molar-refractivity contribution in [2.24, 2.45) is 23.2 Å². The van der Waals surface area contributed by atoms with Crippen LogP contribution < -0.4 is 4.43 Å². The first-order valence-electron chi connectivity index (χ1n) is 18.0. The van der Waals surface area contributed by atoms with E-state index < -0.39 is 28.5 Å². The molecule has 0 bridgehead atoms. The highest BCUT2D eigenvalue weighted by Gasteiger charge is 2.65. The van der Waals surface area contributed by atoms with Gasteiger partial charge in [0.05, 0.1) is 0 Å². The summed E-state index contributed by atoms with van der Waals surface area (Å²) < 4.78 is 28.0. The third-order valence-corrected chi connectivity index (χ3v) is 22.5. The van der Waals surface area contributed by atoms with Gasteiger partial charge in [0.1, 0.15) is 17.5 Å². The van der Waals surface area contributed by atoms with Crippen LogP contribution in [0.25, 0.3) is 0 Å². The van der Waals surface area contributed by atoms with Gasteiger partial charge in [-0.2, -0.15) is 0 Å². The largest absolute Gasteiger partial charge is 0.543 e. The molecule has 7 atom stereocenters. The summed E-state index contributed by atoms with van der Waals surface area (Å²) in [7, 11) is -0.659. The van der Waals surface area contributed by atoms with Gasteiger partial charge in [0.15, 0.2) is 14.6 Å². The molecule has 0 heterocycles.